The lowest BCUT2D eigenvalue weighted by atomic mass is 10.1. The van der Waals surface area contributed by atoms with Crippen molar-refractivity contribution < 1.29 is 9.31 Å². The second kappa shape index (κ2) is 2.01. The van der Waals surface area contributed by atoms with Gasteiger partial charge in [0.1, 0.15) is 0 Å². The van der Waals surface area contributed by atoms with Crippen molar-refractivity contribution in [3.63, 3.8) is 0 Å². The normalized spacial score (nSPS) is 19.2. The Hall–Kier alpha value is -0.530. The fraction of sp³-hybridized carbons (Fsp3) is 0.857. The summed E-state index contributed by atoms with van der Waals surface area (Å²) >= 11 is 0. The van der Waals surface area contributed by atoms with E-state index in [9.17, 15) is 0 Å². The van der Waals surface area contributed by atoms with Gasteiger partial charge in [-0.3, -0.25) is 0 Å². The van der Waals surface area contributed by atoms with E-state index < -0.39 is 0 Å². The van der Waals surface area contributed by atoms with Crippen molar-refractivity contribution in [2.24, 2.45) is 0 Å². The van der Waals surface area contributed by atoms with E-state index in [4.69, 9.17) is 4.74 Å². The highest BCUT2D eigenvalue weighted by Gasteiger charge is 2.26. The first-order valence-electron chi connectivity index (χ1n) is 3.32. The van der Waals surface area contributed by atoms with Crippen LogP contribution in [-0.4, -0.2) is 29.7 Å². The molecule has 0 aliphatic carbocycles. The van der Waals surface area contributed by atoms with E-state index in [0.717, 1.165) is 13.2 Å². The standard InChI is InChI=1S/C7H14NO/c1-7(2,3)8-4-5-9-6-8/h6H,4-5H2,1-3H3/q+1. The van der Waals surface area contributed by atoms with Gasteiger partial charge in [-0.15, -0.1) is 0 Å². The first-order valence-corrected chi connectivity index (χ1v) is 3.32. The van der Waals surface area contributed by atoms with Gasteiger partial charge in [-0.2, -0.15) is 4.58 Å². The molecule has 0 aromatic carbocycles. The summed E-state index contributed by atoms with van der Waals surface area (Å²) in [6, 6.07) is 0. The molecule has 0 saturated heterocycles. The van der Waals surface area contributed by atoms with Crippen LogP contribution in [0.25, 0.3) is 0 Å². The molecule has 0 atom stereocenters. The van der Waals surface area contributed by atoms with Crippen LogP contribution in [0.5, 0.6) is 0 Å². The van der Waals surface area contributed by atoms with Crippen LogP contribution in [0, 0.1) is 0 Å². The molecule has 0 aromatic rings. The second-order valence-electron chi connectivity index (χ2n) is 3.34. The zero-order valence-corrected chi connectivity index (χ0v) is 6.35. The molecule has 0 amide bonds. The van der Waals surface area contributed by atoms with Gasteiger partial charge in [-0.05, 0) is 20.8 Å². The third-order valence-corrected chi connectivity index (χ3v) is 1.51. The van der Waals surface area contributed by atoms with Crippen molar-refractivity contribution in [3.8, 4) is 0 Å². The van der Waals surface area contributed by atoms with Crippen LogP contribution in [0.3, 0.4) is 0 Å². The highest BCUT2D eigenvalue weighted by Crippen LogP contribution is 2.07. The van der Waals surface area contributed by atoms with Gasteiger partial charge in [0.2, 0.25) is 0 Å². The van der Waals surface area contributed by atoms with Gasteiger partial charge in [-0.1, -0.05) is 0 Å². The average Bonchev–Trinajstić information content (AvgIpc) is 2.08. The van der Waals surface area contributed by atoms with Gasteiger partial charge in [0, 0.05) is 0 Å². The van der Waals surface area contributed by atoms with E-state index >= 15 is 0 Å². The van der Waals surface area contributed by atoms with Gasteiger partial charge < -0.3 is 4.74 Å². The van der Waals surface area contributed by atoms with Crippen LogP contribution in [-0.2, 0) is 4.74 Å². The number of nitrogens with zero attached hydrogens (tertiary/aromatic N) is 1. The van der Waals surface area contributed by atoms with Crippen LogP contribution in [0.2, 0.25) is 0 Å². The van der Waals surface area contributed by atoms with Gasteiger partial charge in [0.25, 0.3) is 0 Å². The fourth-order valence-electron chi connectivity index (χ4n) is 0.840. The molecule has 2 nitrogen and oxygen atoms in total. The topological polar surface area (TPSA) is 12.2 Å². The molecule has 1 rings (SSSR count). The quantitative estimate of drug-likeness (QED) is 0.441. The van der Waals surface area contributed by atoms with E-state index in [1.54, 1.807) is 0 Å². The van der Waals surface area contributed by atoms with Gasteiger partial charge in [-0.25, -0.2) is 0 Å². The molecule has 1 heterocycles. The number of ether oxygens (including phenoxy) is 1. The summed E-state index contributed by atoms with van der Waals surface area (Å²) in [6.45, 7) is 8.41. The molecule has 0 aromatic heterocycles. The third-order valence-electron chi connectivity index (χ3n) is 1.51. The molecule has 0 radical (unpaired) electrons. The summed E-state index contributed by atoms with van der Waals surface area (Å²) in [5.41, 5.74) is 0.233. The highest BCUT2D eigenvalue weighted by molar-refractivity contribution is 5.40. The summed E-state index contributed by atoms with van der Waals surface area (Å²) < 4.78 is 7.29. The van der Waals surface area contributed by atoms with Crippen LogP contribution in [0.15, 0.2) is 0 Å². The van der Waals surface area contributed by atoms with Crippen molar-refractivity contribution in [1.82, 2.24) is 0 Å². The molecule has 0 N–H and O–H groups in total. The lowest BCUT2D eigenvalue weighted by Gasteiger charge is -2.11. The lowest BCUT2D eigenvalue weighted by Crippen LogP contribution is -2.32. The van der Waals surface area contributed by atoms with Crippen LogP contribution < -0.4 is 0 Å². The molecule has 9 heavy (non-hydrogen) atoms. The lowest BCUT2D eigenvalue weighted by molar-refractivity contribution is -0.584. The van der Waals surface area contributed by atoms with Crippen LogP contribution in [0.1, 0.15) is 20.8 Å². The minimum atomic E-state index is 0.233. The van der Waals surface area contributed by atoms with Gasteiger partial charge in [0.15, 0.2) is 18.7 Å². The van der Waals surface area contributed by atoms with Crippen molar-refractivity contribution in [1.29, 1.82) is 0 Å². The zero-order valence-electron chi connectivity index (χ0n) is 6.35. The molecule has 52 valence electrons. The maximum absolute atomic E-state index is 5.08. The molecule has 0 unspecified atom stereocenters. The Kier molecular flexibility index (Phi) is 1.47. The summed E-state index contributed by atoms with van der Waals surface area (Å²) in [6.07, 6.45) is 1.82. The fourth-order valence-corrected chi connectivity index (χ4v) is 0.840. The SMILES string of the molecule is CC(C)(C)[N+]1=COCC1. The molecule has 0 bridgehead atoms. The third kappa shape index (κ3) is 1.44. The summed E-state index contributed by atoms with van der Waals surface area (Å²) in [5.74, 6) is 0. The minimum absolute atomic E-state index is 0.233. The highest BCUT2D eigenvalue weighted by atomic mass is 16.5. The number of rotatable bonds is 0. The predicted molar refractivity (Wildman–Crippen MR) is 36.9 cm³/mol. The summed E-state index contributed by atoms with van der Waals surface area (Å²) in [7, 11) is 0. The Bertz CT molecular complexity index is 132. The van der Waals surface area contributed by atoms with Crippen LogP contribution >= 0.6 is 0 Å². The molecule has 1 aliphatic rings. The zero-order chi connectivity index (χ0) is 6.91. The van der Waals surface area contributed by atoms with Crippen molar-refractivity contribution >= 4 is 6.40 Å². The molecular formula is C7H14NO+. The Balaban J connectivity index is 2.61. The molecular weight excluding hydrogens is 114 g/mol. The first kappa shape index (κ1) is 6.59. The Morgan fingerprint density at radius 3 is 2.33 bits per heavy atom. The number of hydrogen-bond acceptors (Lipinski definition) is 1. The largest absolute Gasteiger partial charge is 0.444 e. The van der Waals surface area contributed by atoms with E-state index in [1.165, 1.54) is 0 Å². The average molecular weight is 128 g/mol. The molecule has 0 spiro atoms. The van der Waals surface area contributed by atoms with E-state index in [1.807, 2.05) is 6.40 Å². The Labute approximate surface area is 56.1 Å². The van der Waals surface area contributed by atoms with Crippen molar-refractivity contribution in [2.75, 3.05) is 13.2 Å². The monoisotopic (exact) mass is 128 g/mol. The minimum Gasteiger partial charge on any atom is -0.444 e. The van der Waals surface area contributed by atoms with E-state index in [-0.39, 0.29) is 5.54 Å². The van der Waals surface area contributed by atoms with Gasteiger partial charge >= 0.3 is 6.40 Å². The number of hydrogen-bond donors (Lipinski definition) is 0. The van der Waals surface area contributed by atoms with Crippen LogP contribution in [0.4, 0.5) is 0 Å². The molecule has 0 saturated carbocycles. The Morgan fingerprint density at radius 1 is 1.44 bits per heavy atom. The molecule has 1 aliphatic heterocycles. The van der Waals surface area contributed by atoms with E-state index in [0.29, 0.717) is 0 Å². The predicted octanol–water partition coefficient (Wildman–Crippen LogP) is 0.856. The first-order chi connectivity index (χ1) is 4.11. The Morgan fingerprint density at radius 2 is 2.11 bits per heavy atom. The van der Waals surface area contributed by atoms with Crippen molar-refractivity contribution in [3.05, 3.63) is 0 Å². The van der Waals surface area contributed by atoms with Gasteiger partial charge in [0.05, 0.1) is 0 Å². The summed E-state index contributed by atoms with van der Waals surface area (Å²) in [4.78, 5) is 0. The maximum atomic E-state index is 5.08. The molecule has 2 heteroatoms. The summed E-state index contributed by atoms with van der Waals surface area (Å²) in [5, 5.41) is 0. The van der Waals surface area contributed by atoms with Crippen molar-refractivity contribution in [2.45, 2.75) is 26.3 Å². The van der Waals surface area contributed by atoms with E-state index in [2.05, 4.69) is 25.3 Å². The maximum Gasteiger partial charge on any atom is 0.324 e. The second-order valence-corrected chi connectivity index (χ2v) is 3.34. The smallest absolute Gasteiger partial charge is 0.324 e. The molecule has 0 fully saturated rings.